The molecule has 0 radical (unpaired) electrons. The third-order valence-electron chi connectivity index (χ3n) is 5.78. The van der Waals surface area contributed by atoms with E-state index in [1.165, 1.54) is 0 Å². The molecule has 2 aromatic carbocycles. The summed E-state index contributed by atoms with van der Waals surface area (Å²) in [6.07, 6.45) is 0.321. The van der Waals surface area contributed by atoms with Crippen LogP contribution >= 0.6 is 11.3 Å². The topological polar surface area (TPSA) is 64.4 Å². The number of fused-ring (bicyclic) bond motifs is 1. The predicted molar refractivity (Wildman–Crippen MR) is 132 cm³/mol. The van der Waals surface area contributed by atoms with E-state index in [2.05, 4.69) is 0 Å². The number of ether oxygens (including phenoxy) is 1. The van der Waals surface area contributed by atoms with Gasteiger partial charge in [0.1, 0.15) is 11.6 Å². The molecular weight excluding hydrogens is 434 g/mol. The number of benzene rings is 2. The number of methoxy groups -OCH3 is 1. The van der Waals surface area contributed by atoms with Crippen molar-refractivity contribution in [1.29, 1.82) is 0 Å². The summed E-state index contributed by atoms with van der Waals surface area (Å²) in [6.45, 7) is 6.33. The van der Waals surface area contributed by atoms with E-state index in [0.717, 1.165) is 10.4 Å². The molecule has 0 N–H and O–H groups in total. The molecule has 170 valence electrons. The maximum Gasteiger partial charge on any atom is 0.266 e. The van der Waals surface area contributed by atoms with E-state index < -0.39 is 6.04 Å². The van der Waals surface area contributed by atoms with Gasteiger partial charge in [0.15, 0.2) is 0 Å². The first kappa shape index (κ1) is 22.7. The number of amides is 1. The Balaban J connectivity index is 1.91. The molecule has 1 atom stereocenters. The fourth-order valence-electron chi connectivity index (χ4n) is 4.11. The molecular formula is C26H27N3O3S. The lowest BCUT2D eigenvalue weighted by Crippen LogP contribution is -2.38. The molecule has 2 aromatic heterocycles. The van der Waals surface area contributed by atoms with Gasteiger partial charge in [0.2, 0.25) is 5.91 Å². The second-order valence-electron chi connectivity index (χ2n) is 7.91. The number of nitrogens with zero attached hydrogens (tertiary/aromatic N) is 3. The lowest BCUT2D eigenvalue weighted by molar-refractivity contribution is -0.132. The van der Waals surface area contributed by atoms with Crippen LogP contribution in [0.15, 0.2) is 64.8 Å². The summed E-state index contributed by atoms with van der Waals surface area (Å²) in [6, 6.07) is 16.5. The molecule has 0 spiro atoms. The SMILES string of the molecule is CCN(C(=O)Cc1cccs1)C(C)c1nc2ccccc2c(=O)n1-c1cc(C)ccc1OC. The Morgan fingerprint density at radius 2 is 1.97 bits per heavy atom. The van der Waals surface area contributed by atoms with Crippen molar-refractivity contribution < 1.29 is 9.53 Å². The van der Waals surface area contributed by atoms with Crippen molar-refractivity contribution in [2.45, 2.75) is 33.2 Å². The molecule has 6 nitrogen and oxygen atoms in total. The summed E-state index contributed by atoms with van der Waals surface area (Å²) < 4.78 is 7.19. The Morgan fingerprint density at radius 3 is 2.67 bits per heavy atom. The van der Waals surface area contributed by atoms with Crippen molar-refractivity contribution in [2.75, 3.05) is 13.7 Å². The highest BCUT2D eigenvalue weighted by molar-refractivity contribution is 7.10. The fraction of sp³-hybridized carbons (Fsp3) is 0.269. The second kappa shape index (κ2) is 9.58. The molecule has 2 heterocycles. The molecule has 0 bridgehead atoms. The second-order valence-corrected chi connectivity index (χ2v) is 8.95. The van der Waals surface area contributed by atoms with Crippen LogP contribution < -0.4 is 10.3 Å². The maximum atomic E-state index is 13.7. The van der Waals surface area contributed by atoms with Crippen LogP contribution in [-0.4, -0.2) is 34.0 Å². The van der Waals surface area contributed by atoms with E-state index in [-0.39, 0.29) is 11.5 Å². The first-order valence-electron chi connectivity index (χ1n) is 10.9. The van der Waals surface area contributed by atoms with Crippen LogP contribution in [0.4, 0.5) is 0 Å². The van der Waals surface area contributed by atoms with E-state index in [4.69, 9.17) is 9.72 Å². The number of thiophene rings is 1. The van der Waals surface area contributed by atoms with Crippen LogP contribution in [0.25, 0.3) is 16.6 Å². The number of likely N-dealkylation sites (N-methyl/N-ethyl adjacent to an activating group) is 1. The number of hydrogen-bond donors (Lipinski definition) is 0. The third-order valence-corrected chi connectivity index (χ3v) is 6.66. The fourth-order valence-corrected chi connectivity index (χ4v) is 4.80. The molecule has 1 unspecified atom stereocenters. The van der Waals surface area contributed by atoms with Crippen molar-refractivity contribution in [2.24, 2.45) is 0 Å². The molecule has 1 amide bonds. The lowest BCUT2D eigenvalue weighted by Gasteiger charge is -2.30. The lowest BCUT2D eigenvalue weighted by atomic mass is 10.1. The predicted octanol–water partition coefficient (Wildman–Crippen LogP) is 4.92. The van der Waals surface area contributed by atoms with Crippen molar-refractivity contribution in [1.82, 2.24) is 14.5 Å². The van der Waals surface area contributed by atoms with E-state index in [9.17, 15) is 9.59 Å². The number of aryl methyl sites for hydroxylation is 1. The van der Waals surface area contributed by atoms with Crippen molar-refractivity contribution >= 4 is 28.1 Å². The summed E-state index contributed by atoms with van der Waals surface area (Å²) in [5.74, 6) is 1.07. The highest BCUT2D eigenvalue weighted by atomic mass is 32.1. The van der Waals surface area contributed by atoms with Gasteiger partial charge in [-0.2, -0.15) is 0 Å². The zero-order valence-electron chi connectivity index (χ0n) is 19.2. The van der Waals surface area contributed by atoms with Gasteiger partial charge in [-0.3, -0.25) is 14.2 Å². The first-order chi connectivity index (χ1) is 15.9. The average molecular weight is 462 g/mol. The quantitative estimate of drug-likeness (QED) is 0.392. The zero-order chi connectivity index (χ0) is 23.5. The molecule has 0 fully saturated rings. The van der Waals surface area contributed by atoms with E-state index >= 15 is 0 Å². The third kappa shape index (κ3) is 4.41. The number of hydrogen-bond acceptors (Lipinski definition) is 5. The minimum absolute atomic E-state index is 0.00221. The molecule has 7 heteroatoms. The van der Waals surface area contributed by atoms with Crippen LogP contribution in [0.3, 0.4) is 0 Å². The Kier molecular flexibility index (Phi) is 6.60. The minimum Gasteiger partial charge on any atom is -0.495 e. The highest BCUT2D eigenvalue weighted by Gasteiger charge is 2.27. The molecule has 0 aliphatic heterocycles. The van der Waals surface area contributed by atoms with Gasteiger partial charge in [-0.05, 0) is 62.0 Å². The van der Waals surface area contributed by atoms with Gasteiger partial charge in [0, 0.05) is 11.4 Å². The average Bonchev–Trinajstić information content (AvgIpc) is 3.32. The van der Waals surface area contributed by atoms with Crippen LogP contribution in [0.1, 0.15) is 36.2 Å². The molecule has 0 saturated heterocycles. The summed E-state index contributed by atoms with van der Waals surface area (Å²) in [7, 11) is 1.58. The van der Waals surface area contributed by atoms with Crippen molar-refractivity contribution in [3.8, 4) is 11.4 Å². The molecule has 0 saturated carbocycles. The van der Waals surface area contributed by atoms with E-state index in [1.54, 1.807) is 34.0 Å². The van der Waals surface area contributed by atoms with Crippen molar-refractivity contribution in [3.63, 3.8) is 0 Å². The minimum atomic E-state index is -0.426. The van der Waals surface area contributed by atoms with Crippen molar-refractivity contribution in [3.05, 3.63) is 86.6 Å². The van der Waals surface area contributed by atoms with Crippen LogP contribution in [0.2, 0.25) is 0 Å². The summed E-state index contributed by atoms with van der Waals surface area (Å²) in [5, 5.41) is 2.49. The Labute approximate surface area is 197 Å². The van der Waals surface area contributed by atoms with Gasteiger partial charge in [-0.15, -0.1) is 11.3 Å². The van der Waals surface area contributed by atoms with E-state index in [0.29, 0.717) is 41.1 Å². The van der Waals surface area contributed by atoms with Gasteiger partial charge in [-0.1, -0.05) is 24.3 Å². The molecule has 0 aliphatic carbocycles. The Bertz CT molecular complexity index is 1340. The van der Waals surface area contributed by atoms with Crippen LogP contribution in [0.5, 0.6) is 5.75 Å². The standard InChI is InChI=1S/C26H27N3O3S/c1-5-28(24(30)16-19-9-8-14-33-19)18(3)25-27-21-11-7-6-10-20(21)26(31)29(25)22-15-17(2)12-13-23(22)32-4/h6-15,18H,5,16H2,1-4H3. The number of carbonyl (C=O) groups is 1. The number of carbonyl (C=O) groups excluding carboxylic acids is 1. The molecule has 4 aromatic rings. The van der Waals surface area contributed by atoms with Gasteiger partial charge >= 0.3 is 0 Å². The number of para-hydroxylation sites is 1. The summed E-state index contributed by atoms with van der Waals surface area (Å²) >= 11 is 1.56. The molecule has 33 heavy (non-hydrogen) atoms. The van der Waals surface area contributed by atoms with Gasteiger partial charge in [0.25, 0.3) is 5.56 Å². The number of aromatic nitrogens is 2. The first-order valence-corrected chi connectivity index (χ1v) is 11.8. The number of rotatable bonds is 7. The monoisotopic (exact) mass is 461 g/mol. The Hall–Kier alpha value is -3.45. The zero-order valence-corrected chi connectivity index (χ0v) is 20.1. The van der Waals surface area contributed by atoms with Gasteiger partial charge in [-0.25, -0.2) is 4.98 Å². The molecule has 0 aliphatic rings. The Morgan fingerprint density at radius 1 is 1.18 bits per heavy atom. The highest BCUT2D eigenvalue weighted by Crippen LogP contribution is 2.29. The summed E-state index contributed by atoms with van der Waals surface area (Å²) in [5.41, 5.74) is 2.03. The van der Waals surface area contributed by atoms with Crippen LogP contribution in [0, 0.1) is 6.92 Å². The molecule has 4 rings (SSSR count). The normalized spacial score (nSPS) is 12.0. The van der Waals surface area contributed by atoms with Gasteiger partial charge < -0.3 is 9.64 Å². The smallest absolute Gasteiger partial charge is 0.266 e. The largest absolute Gasteiger partial charge is 0.495 e. The maximum absolute atomic E-state index is 13.7. The van der Waals surface area contributed by atoms with Crippen LogP contribution in [-0.2, 0) is 11.2 Å². The van der Waals surface area contributed by atoms with Gasteiger partial charge in [0.05, 0.1) is 36.2 Å². The summed E-state index contributed by atoms with van der Waals surface area (Å²) in [4.78, 5) is 34.6. The van der Waals surface area contributed by atoms with E-state index in [1.807, 2.05) is 74.7 Å².